The summed E-state index contributed by atoms with van der Waals surface area (Å²) in [4.78, 5) is 11.0. The summed E-state index contributed by atoms with van der Waals surface area (Å²) >= 11 is 0. The van der Waals surface area contributed by atoms with Crippen molar-refractivity contribution in [1.29, 1.82) is 0 Å². The Labute approximate surface area is 170 Å². The van der Waals surface area contributed by atoms with Gasteiger partial charge in [-0.1, -0.05) is 19.0 Å². The molecule has 1 aliphatic rings. The Balaban J connectivity index is 0.000000830. The normalized spacial score (nSPS) is 13.8. The molecule has 29 heavy (non-hydrogen) atoms. The summed E-state index contributed by atoms with van der Waals surface area (Å²) in [6.45, 7) is 6.94. The fourth-order valence-corrected chi connectivity index (χ4v) is 3.06. The fourth-order valence-electron chi connectivity index (χ4n) is 3.06. The Morgan fingerprint density at radius 2 is 1.93 bits per heavy atom. The van der Waals surface area contributed by atoms with Crippen LogP contribution < -0.4 is 10.2 Å². The van der Waals surface area contributed by atoms with Crippen LogP contribution in [0.3, 0.4) is 0 Å². The molecule has 0 radical (unpaired) electrons. The third-order valence-electron chi connectivity index (χ3n) is 4.45. The van der Waals surface area contributed by atoms with Crippen molar-refractivity contribution >= 4 is 28.6 Å². The van der Waals surface area contributed by atoms with Crippen LogP contribution in [0.15, 0.2) is 57.8 Å². The lowest BCUT2D eigenvalue weighted by atomic mass is 10.1. The largest absolute Gasteiger partial charge is 0.464 e. The van der Waals surface area contributed by atoms with E-state index >= 15 is 0 Å². The Bertz CT molecular complexity index is 1080. The van der Waals surface area contributed by atoms with Crippen molar-refractivity contribution in [2.45, 2.75) is 13.8 Å². The highest BCUT2D eigenvalue weighted by atomic mass is 16.5. The summed E-state index contributed by atoms with van der Waals surface area (Å²) in [6, 6.07) is 11.5. The molecule has 4 heterocycles. The molecule has 0 atom stereocenters. The van der Waals surface area contributed by atoms with Gasteiger partial charge in [-0.15, -0.1) is 0 Å². The molecule has 1 aliphatic heterocycles. The maximum absolute atomic E-state index is 5.42. The van der Waals surface area contributed by atoms with Gasteiger partial charge in [-0.25, -0.2) is 4.98 Å². The lowest BCUT2D eigenvalue weighted by Crippen LogP contribution is -2.37. The molecular weight excluding hydrogens is 370 g/mol. The molecule has 1 saturated heterocycles. The van der Waals surface area contributed by atoms with E-state index in [0.29, 0.717) is 30.9 Å². The standard InChI is InChI=1S/C19H17N5O3.C2H6.H2/c1-2-16-14(4-8-26-16)11-13(1)15-12-18(27-23-15)21-17-3-5-20-19(22-17)24-6-9-25-10-7-24;1-2;/h1-5,8,11-12H,6-7,9-10H2,(H,20,21,22);1-2H3;1H. The molecule has 1 N–H and O–H groups in total. The smallest absolute Gasteiger partial charge is 0.230 e. The molecule has 0 bridgehead atoms. The molecule has 8 heteroatoms. The minimum absolute atomic E-state index is 0. The monoisotopic (exact) mass is 395 g/mol. The van der Waals surface area contributed by atoms with Gasteiger partial charge in [-0.2, -0.15) is 4.98 Å². The first-order valence-electron chi connectivity index (χ1n) is 9.72. The summed E-state index contributed by atoms with van der Waals surface area (Å²) in [5, 5.41) is 8.32. The zero-order valence-electron chi connectivity index (χ0n) is 16.5. The first-order valence-corrected chi connectivity index (χ1v) is 9.72. The van der Waals surface area contributed by atoms with Crippen molar-refractivity contribution in [2.75, 3.05) is 36.5 Å². The van der Waals surface area contributed by atoms with Crippen molar-refractivity contribution in [2.24, 2.45) is 0 Å². The van der Waals surface area contributed by atoms with Crippen molar-refractivity contribution in [3.8, 4) is 11.3 Å². The van der Waals surface area contributed by atoms with Gasteiger partial charge in [0.05, 0.1) is 19.5 Å². The molecule has 0 saturated carbocycles. The molecule has 3 aromatic heterocycles. The van der Waals surface area contributed by atoms with Crippen LogP contribution in [0.5, 0.6) is 0 Å². The van der Waals surface area contributed by atoms with Gasteiger partial charge in [0.2, 0.25) is 11.8 Å². The van der Waals surface area contributed by atoms with Crippen LogP contribution in [-0.4, -0.2) is 41.4 Å². The van der Waals surface area contributed by atoms with Gasteiger partial charge >= 0.3 is 0 Å². The second kappa shape index (κ2) is 8.74. The van der Waals surface area contributed by atoms with E-state index in [1.165, 1.54) is 0 Å². The summed E-state index contributed by atoms with van der Waals surface area (Å²) < 4.78 is 16.2. The molecule has 0 amide bonds. The van der Waals surface area contributed by atoms with E-state index in [-0.39, 0.29) is 1.43 Å². The predicted molar refractivity (Wildman–Crippen MR) is 114 cm³/mol. The van der Waals surface area contributed by atoms with Gasteiger partial charge in [-0.05, 0) is 30.3 Å². The van der Waals surface area contributed by atoms with Gasteiger partial charge in [-0.3, -0.25) is 0 Å². The molecule has 4 aromatic rings. The number of nitrogens with zero attached hydrogens (tertiary/aromatic N) is 4. The van der Waals surface area contributed by atoms with Crippen LogP contribution in [0.2, 0.25) is 0 Å². The third-order valence-corrected chi connectivity index (χ3v) is 4.45. The number of hydrogen-bond acceptors (Lipinski definition) is 8. The lowest BCUT2D eigenvalue weighted by molar-refractivity contribution is 0.122. The van der Waals surface area contributed by atoms with E-state index in [0.717, 1.165) is 35.3 Å². The maximum Gasteiger partial charge on any atom is 0.230 e. The Hall–Kier alpha value is -3.39. The van der Waals surface area contributed by atoms with Gasteiger partial charge in [0.15, 0.2) is 0 Å². The Morgan fingerprint density at radius 3 is 2.79 bits per heavy atom. The molecule has 0 unspecified atom stereocenters. The van der Waals surface area contributed by atoms with E-state index < -0.39 is 0 Å². The van der Waals surface area contributed by atoms with Crippen LogP contribution in [0.25, 0.3) is 22.2 Å². The molecule has 152 valence electrons. The number of rotatable bonds is 4. The number of ether oxygens (including phenoxy) is 1. The average molecular weight is 395 g/mol. The summed E-state index contributed by atoms with van der Waals surface area (Å²) in [5.74, 6) is 1.84. The first-order chi connectivity index (χ1) is 14.3. The molecule has 0 aliphatic carbocycles. The van der Waals surface area contributed by atoms with Crippen molar-refractivity contribution in [1.82, 2.24) is 15.1 Å². The second-order valence-electron chi connectivity index (χ2n) is 6.22. The number of fused-ring (bicyclic) bond motifs is 1. The van der Waals surface area contributed by atoms with Crippen LogP contribution in [-0.2, 0) is 4.74 Å². The fraction of sp³-hybridized carbons (Fsp3) is 0.286. The minimum Gasteiger partial charge on any atom is -0.464 e. The van der Waals surface area contributed by atoms with E-state index in [1.807, 2.05) is 44.2 Å². The number of anilines is 3. The quantitative estimate of drug-likeness (QED) is 0.530. The molecular formula is C21H25N5O3. The molecule has 8 nitrogen and oxygen atoms in total. The highest BCUT2D eigenvalue weighted by Gasteiger charge is 2.15. The van der Waals surface area contributed by atoms with Crippen LogP contribution >= 0.6 is 0 Å². The second-order valence-corrected chi connectivity index (χ2v) is 6.22. The third kappa shape index (κ3) is 4.22. The number of furan rings is 1. The van der Waals surface area contributed by atoms with Crippen LogP contribution in [0, 0.1) is 0 Å². The summed E-state index contributed by atoms with van der Waals surface area (Å²) in [6.07, 6.45) is 3.40. The van der Waals surface area contributed by atoms with Crippen molar-refractivity contribution in [3.05, 3.63) is 48.9 Å². The van der Waals surface area contributed by atoms with E-state index in [4.69, 9.17) is 13.7 Å². The van der Waals surface area contributed by atoms with Gasteiger partial charge in [0.1, 0.15) is 17.1 Å². The molecule has 0 spiro atoms. The zero-order valence-corrected chi connectivity index (χ0v) is 16.5. The SMILES string of the molecule is CC.[HH].c1cc(Nc2cc(-c3ccc4occc4c3)no2)nc(N2CCOCC2)n1. The van der Waals surface area contributed by atoms with Crippen LogP contribution in [0.4, 0.5) is 17.7 Å². The van der Waals surface area contributed by atoms with Gasteiger partial charge in [0.25, 0.3) is 0 Å². The summed E-state index contributed by atoms with van der Waals surface area (Å²) in [5.41, 5.74) is 2.54. The predicted octanol–water partition coefficient (Wildman–Crippen LogP) is 4.73. The average Bonchev–Trinajstić information content (AvgIpc) is 3.45. The maximum atomic E-state index is 5.42. The number of hydrogen-bond donors (Lipinski definition) is 1. The molecule has 1 fully saturated rings. The van der Waals surface area contributed by atoms with Crippen LogP contribution in [0.1, 0.15) is 15.3 Å². The highest BCUT2D eigenvalue weighted by Crippen LogP contribution is 2.27. The number of morpholine rings is 1. The van der Waals surface area contributed by atoms with E-state index in [1.54, 1.807) is 18.5 Å². The van der Waals surface area contributed by atoms with Gasteiger partial charge in [0, 0.05) is 37.7 Å². The van der Waals surface area contributed by atoms with Crippen molar-refractivity contribution in [3.63, 3.8) is 0 Å². The van der Waals surface area contributed by atoms with Crippen molar-refractivity contribution < 1.29 is 15.1 Å². The first kappa shape index (κ1) is 18.9. The highest BCUT2D eigenvalue weighted by molar-refractivity contribution is 5.83. The molecule has 5 rings (SSSR count). The topological polar surface area (TPSA) is 89.5 Å². The minimum atomic E-state index is 0. The van der Waals surface area contributed by atoms with E-state index in [2.05, 4.69) is 25.3 Å². The number of aromatic nitrogens is 3. The number of benzene rings is 1. The Kier molecular flexibility index (Phi) is 5.71. The summed E-state index contributed by atoms with van der Waals surface area (Å²) in [7, 11) is 0. The Morgan fingerprint density at radius 1 is 1.07 bits per heavy atom. The number of nitrogens with one attached hydrogen (secondary N) is 1. The van der Waals surface area contributed by atoms with Gasteiger partial charge < -0.3 is 23.9 Å². The lowest BCUT2D eigenvalue weighted by Gasteiger charge is -2.26. The molecule has 1 aromatic carbocycles. The zero-order chi connectivity index (χ0) is 20.1. The van der Waals surface area contributed by atoms with E-state index in [9.17, 15) is 0 Å².